The van der Waals surface area contributed by atoms with Crippen LogP contribution in [0.15, 0.2) is 12.1 Å². The number of halogens is 1. The molecule has 0 radical (unpaired) electrons. The van der Waals surface area contributed by atoms with Crippen LogP contribution >= 0.6 is 0 Å². The first kappa shape index (κ1) is 8.80. The third-order valence-electron chi connectivity index (χ3n) is 2.84. The molecule has 0 spiro atoms. The van der Waals surface area contributed by atoms with Crippen LogP contribution in [0.4, 0.5) is 4.39 Å². The maximum atomic E-state index is 13.8. The van der Waals surface area contributed by atoms with Crippen molar-refractivity contribution in [1.29, 1.82) is 0 Å². The Labute approximate surface area is 79.6 Å². The molecule has 1 fully saturated rings. The van der Waals surface area contributed by atoms with Gasteiger partial charge in [0.1, 0.15) is 13.7 Å². The van der Waals surface area contributed by atoms with Gasteiger partial charge in [-0.05, 0) is 42.4 Å². The topological polar surface area (TPSA) is 0 Å². The van der Waals surface area contributed by atoms with Crippen LogP contribution in [0.5, 0.6) is 0 Å². The second-order valence-corrected chi connectivity index (χ2v) is 3.90. The van der Waals surface area contributed by atoms with Crippen molar-refractivity contribution in [2.75, 3.05) is 0 Å². The molecular weight excluding hydrogens is 162 g/mol. The fourth-order valence-corrected chi connectivity index (χ4v) is 1.88. The highest BCUT2D eigenvalue weighted by atomic mass is 19.1. The van der Waals surface area contributed by atoms with Crippen LogP contribution < -0.4 is 0 Å². The molecule has 0 aliphatic heterocycles. The van der Waals surface area contributed by atoms with E-state index >= 15 is 0 Å². The molecule has 0 N–H and O–H groups in total. The number of benzene rings is 1. The quantitative estimate of drug-likeness (QED) is 0.605. The summed E-state index contributed by atoms with van der Waals surface area (Å²) in [5.74, 6) is 0.580. The molecule has 0 amide bonds. The Morgan fingerprint density at radius 1 is 1.46 bits per heavy atom. The molecule has 2 rings (SSSR count). The molecule has 0 saturated heterocycles. The van der Waals surface area contributed by atoms with Crippen LogP contribution in [0.25, 0.3) is 0 Å². The Kier molecular flexibility index (Phi) is 2.14. The van der Waals surface area contributed by atoms with Gasteiger partial charge in [-0.2, -0.15) is 0 Å². The first-order valence-electron chi connectivity index (χ1n) is 5.02. The molecular formula is C11H14BF. The lowest BCUT2D eigenvalue weighted by Gasteiger charge is -2.09. The molecule has 1 aromatic rings. The normalized spacial score (nSPS) is 16.2. The molecule has 1 aromatic carbocycles. The minimum atomic E-state index is 0.0602. The Balaban J connectivity index is 2.50. The van der Waals surface area contributed by atoms with Gasteiger partial charge in [-0.25, -0.2) is 4.39 Å². The zero-order valence-corrected chi connectivity index (χ0v) is 8.23. The summed E-state index contributed by atoms with van der Waals surface area (Å²) in [7, 11) is 2.00. The highest BCUT2D eigenvalue weighted by Gasteiger charge is 2.28. The third-order valence-corrected chi connectivity index (χ3v) is 2.84. The van der Waals surface area contributed by atoms with Crippen LogP contribution in [-0.2, 0) is 6.32 Å². The molecule has 1 saturated carbocycles. The first-order valence-corrected chi connectivity index (χ1v) is 5.02. The molecule has 0 aromatic heterocycles. The third kappa shape index (κ3) is 1.50. The molecule has 0 atom stereocenters. The largest absolute Gasteiger partial charge is 0.206 e. The lowest BCUT2D eigenvalue weighted by Crippen LogP contribution is -1.98. The van der Waals surface area contributed by atoms with Gasteiger partial charge in [0.2, 0.25) is 0 Å². The van der Waals surface area contributed by atoms with Crippen molar-refractivity contribution < 1.29 is 4.39 Å². The number of hydrogen-bond acceptors (Lipinski definition) is 0. The summed E-state index contributed by atoms with van der Waals surface area (Å²) in [5.41, 5.74) is 2.98. The van der Waals surface area contributed by atoms with Crippen molar-refractivity contribution >= 4 is 7.85 Å². The smallest absolute Gasteiger partial charge is 0.129 e. The maximum Gasteiger partial charge on any atom is 0.129 e. The zero-order valence-electron chi connectivity index (χ0n) is 8.23. The molecule has 13 heavy (non-hydrogen) atoms. The van der Waals surface area contributed by atoms with Crippen LogP contribution in [0.1, 0.15) is 35.4 Å². The summed E-state index contributed by atoms with van der Waals surface area (Å²) in [5, 5.41) is 0. The van der Waals surface area contributed by atoms with Crippen LogP contribution in [0.3, 0.4) is 0 Å². The summed E-state index contributed by atoms with van der Waals surface area (Å²) >= 11 is 0. The van der Waals surface area contributed by atoms with Crippen LogP contribution in [0, 0.1) is 12.7 Å². The lowest BCUT2D eigenvalue weighted by molar-refractivity contribution is 0.598. The molecule has 0 heterocycles. The summed E-state index contributed by atoms with van der Waals surface area (Å²) in [6.07, 6.45) is 3.14. The number of rotatable bonds is 2. The molecule has 2 heteroatoms. The van der Waals surface area contributed by atoms with Gasteiger partial charge in [0.05, 0.1) is 0 Å². The van der Waals surface area contributed by atoms with Gasteiger partial charge in [-0.15, -0.1) is 0 Å². The monoisotopic (exact) mass is 176 g/mol. The van der Waals surface area contributed by atoms with Gasteiger partial charge >= 0.3 is 0 Å². The van der Waals surface area contributed by atoms with Crippen molar-refractivity contribution in [3.63, 3.8) is 0 Å². The highest BCUT2D eigenvalue weighted by Crippen LogP contribution is 2.43. The molecule has 1 aliphatic carbocycles. The van der Waals surface area contributed by atoms with Crippen LogP contribution in [0.2, 0.25) is 0 Å². The average molecular weight is 176 g/mol. The van der Waals surface area contributed by atoms with Crippen LogP contribution in [-0.4, -0.2) is 7.85 Å². The Morgan fingerprint density at radius 2 is 2.15 bits per heavy atom. The van der Waals surface area contributed by atoms with Crippen molar-refractivity contribution in [1.82, 2.24) is 0 Å². The standard InChI is InChI=1S/C11H14BF/c1-7-2-3-9(6-12)11(13)10(7)8-4-5-8/h2-3,8H,4-6,12H2,1H3. The fraction of sp³-hybridized carbons (Fsp3) is 0.455. The minimum Gasteiger partial charge on any atom is -0.206 e. The second-order valence-electron chi connectivity index (χ2n) is 3.90. The minimum absolute atomic E-state index is 0.0602. The predicted molar refractivity (Wildman–Crippen MR) is 55.4 cm³/mol. The fourth-order valence-electron chi connectivity index (χ4n) is 1.88. The molecule has 0 bridgehead atoms. The van der Waals surface area contributed by atoms with E-state index in [0.717, 1.165) is 23.0 Å². The molecule has 0 unspecified atom stereocenters. The summed E-state index contributed by atoms with van der Waals surface area (Å²) in [6, 6.07) is 3.96. The van der Waals surface area contributed by atoms with E-state index in [1.165, 1.54) is 12.8 Å². The Hall–Kier alpha value is -0.785. The Morgan fingerprint density at radius 3 is 2.69 bits per heavy atom. The van der Waals surface area contributed by atoms with Gasteiger partial charge in [0.15, 0.2) is 0 Å². The van der Waals surface area contributed by atoms with Crippen molar-refractivity contribution in [3.05, 3.63) is 34.6 Å². The van der Waals surface area contributed by atoms with Gasteiger partial charge in [0, 0.05) is 0 Å². The van der Waals surface area contributed by atoms with E-state index < -0.39 is 0 Å². The first-order chi connectivity index (χ1) is 6.24. The number of aryl methyl sites for hydroxylation is 1. The summed E-state index contributed by atoms with van der Waals surface area (Å²) in [6.45, 7) is 2.01. The lowest BCUT2D eigenvalue weighted by atomic mass is 9.92. The van der Waals surface area contributed by atoms with E-state index in [4.69, 9.17) is 0 Å². The van der Waals surface area contributed by atoms with Crippen molar-refractivity contribution in [2.45, 2.75) is 32.0 Å². The summed E-state index contributed by atoms with van der Waals surface area (Å²) in [4.78, 5) is 0. The van der Waals surface area contributed by atoms with E-state index in [2.05, 4.69) is 6.07 Å². The summed E-state index contributed by atoms with van der Waals surface area (Å²) < 4.78 is 13.8. The van der Waals surface area contributed by atoms with Crippen molar-refractivity contribution in [3.8, 4) is 0 Å². The average Bonchev–Trinajstić information content (AvgIpc) is 2.89. The SMILES string of the molecule is BCc1ccc(C)c(C2CC2)c1F. The molecule has 0 nitrogen and oxygen atoms in total. The van der Waals surface area contributed by atoms with E-state index in [-0.39, 0.29) is 5.82 Å². The van der Waals surface area contributed by atoms with E-state index in [9.17, 15) is 4.39 Å². The Bertz CT molecular complexity index is 329. The second kappa shape index (κ2) is 3.17. The number of hydrogen-bond donors (Lipinski definition) is 0. The zero-order chi connectivity index (χ0) is 9.42. The van der Waals surface area contributed by atoms with Gasteiger partial charge < -0.3 is 0 Å². The highest BCUT2D eigenvalue weighted by molar-refractivity contribution is 6.08. The van der Waals surface area contributed by atoms with Crippen molar-refractivity contribution in [2.24, 2.45) is 0 Å². The molecule has 1 aliphatic rings. The molecule has 68 valence electrons. The predicted octanol–water partition coefficient (Wildman–Crippen LogP) is 2.14. The maximum absolute atomic E-state index is 13.8. The van der Waals surface area contributed by atoms with E-state index in [1.807, 2.05) is 20.8 Å². The van der Waals surface area contributed by atoms with Gasteiger partial charge in [-0.3, -0.25) is 0 Å². The van der Waals surface area contributed by atoms with Gasteiger partial charge in [0.25, 0.3) is 0 Å². The van der Waals surface area contributed by atoms with E-state index in [1.54, 1.807) is 0 Å². The van der Waals surface area contributed by atoms with E-state index in [0.29, 0.717) is 5.92 Å². The van der Waals surface area contributed by atoms with Gasteiger partial charge in [-0.1, -0.05) is 18.5 Å².